The Morgan fingerprint density at radius 3 is 2.88 bits per heavy atom. The Morgan fingerprint density at radius 2 is 2.21 bits per heavy atom. The molecular weight excluding hydrogens is 428 g/mol. The number of aldehydes is 1. The SMILES string of the molecule is COC1CCN(Cc2cc3c(nc2C=O)N(C(=O)Nc2cc(=O)c(C#N)c[nH]2)CCC3)C1=O. The van der Waals surface area contributed by atoms with Crippen molar-refractivity contribution in [2.24, 2.45) is 0 Å². The molecule has 4 rings (SSSR count). The number of amides is 3. The number of pyridine rings is 2. The molecule has 33 heavy (non-hydrogen) atoms. The summed E-state index contributed by atoms with van der Waals surface area (Å²) in [6.45, 7) is 1.15. The van der Waals surface area contributed by atoms with Crippen LogP contribution in [0.15, 0.2) is 23.1 Å². The van der Waals surface area contributed by atoms with Crippen molar-refractivity contribution in [2.75, 3.05) is 30.4 Å². The number of hydrogen-bond acceptors (Lipinski definition) is 7. The Labute approximate surface area is 189 Å². The number of carbonyl (C=O) groups is 3. The fraction of sp³-hybridized carbons (Fsp3) is 0.364. The summed E-state index contributed by atoms with van der Waals surface area (Å²) in [7, 11) is 1.50. The van der Waals surface area contributed by atoms with Crippen molar-refractivity contribution in [3.8, 4) is 6.07 Å². The van der Waals surface area contributed by atoms with E-state index in [0.29, 0.717) is 50.0 Å². The lowest BCUT2D eigenvalue weighted by molar-refractivity contribution is -0.136. The molecule has 11 heteroatoms. The van der Waals surface area contributed by atoms with Gasteiger partial charge in [-0.25, -0.2) is 9.78 Å². The highest BCUT2D eigenvalue weighted by atomic mass is 16.5. The van der Waals surface area contributed by atoms with Gasteiger partial charge in [-0.05, 0) is 24.5 Å². The molecule has 2 N–H and O–H groups in total. The zero-order valence-electron chi connectivity index (χ0n) is 18.0. The second-order valence-electron chi connectivity index (χ2n) is 7.83. The number of ether oxygens (including phenoxy) is 1. The van der Waals surface area contributed by atoms with Crippen LogP contribution in [0.3, 0.4) is 0 Å². The van der Waals surface area contributed by atoms with Crippen LogP contribution in [0, 0.1) is 11.3 Å². The first-order valence-corrected chi connectivity index (χ1v) is 10.5. The summed E-state index contributed by atoms with van der Waals surface area (Å²) in [5.74, 6) is 0.385. The minimum Gasteiger partial charge on any atom is -0.372 e. The molecule has 0 spiro atoms. The number of aromatic nitrogens is 2. The van der Waals surface area contributed by atoms with Gasteiger partial charge in [-0.1, -0.05) is 0 Å². The average Bonchev–Trinajstić information content (AvgIpc) is 3.17. The minimum atomic E-state index is -0.522. The summed E-state index contributed by atoms with van der Waals surface area (Å²) in [4.78, 5) is 59.1. The number of hydrogen-bond donors (Lipinski definition) is 2. The number of methoxy groups -OCH3 is 1. The number of rotatable bonds is 5. The molecule has 0 aromatic carbocycles. The predicted molar refractivity (Wildman–Crippen MR) is 117 cm³/mol. The molecule has 11 nitrogen and oxygen atoms in total. The van der Waals surface area contributed by atoms with Crippen LogP contribution < -0.4 is 15.6 Å². The van der Waals surface area contributed by atoms with Crippen LogP contribution in [-0.4, -0.2) is 59.4 Å². The Balaban J connectivity index is 1.57. The number of aryl methyl sites for hydroxylation is 1. The van der Waals surface area contributed by atoms with Gasteiger partial charge in [0.2, 0.25) is 5.43 Å². The van der Waals surface area contributed by atoms with Crippen LogP contribution in [-0.2, 0) is 22.5 Å². The number of carbonyl (C=O) groups excluding carboxylic acids is 3. The fourth-order valence-electron chi connectivity index (χ4n) is 4.09. The van der Waals surface area contributed by atoms with Crippen molar-refractivity contribution in [3.05, 3.63) is 50.9 Å². The normalized spacial score (nSPS) is 17.5. The van der Waals surface area contributed by atoms with Gasteiger partial charge < -0.3 is 14.6 Å². The molecule has 4 heterocycles. The van der Waals surface area contributed by atoms with Gasteiger partial charge >= 0.3 is 6.03 Å². The summed E-state index contributed by atoms with van der Waals surface area (Å²) < 4.78 is 5.18. The third-order valence-electron chi connectivity index (χ3n) is 5.80. The number of nitriles is 1. The summed E-state index contributed by atoms with van der Waals surface area (Å²) in [5.41, 5.74) is 1.000. The molecule has 170 valence electrons. The standard InChI is InChI=1S/C22H22N6O5/c1-33-18-4-6-27(21(18)31)11-14-7-13-3-2-5-28(20(13)25-16(14)12-29)22(32)26-19-8-17(30)15(9-23)10-24-19/h7-8,10,12,18H,2-6,11H2,1H3,(H2,24,26,30,32). The number of aromatic amines is 1. The Morgan fingerprint density at radius 1 is 1.39 bits per heavy atom. The molecule has 0 bridgehead atoms. The second kappa shape index (κ2) is 9.22. The van der Waals surface area contributed by atoms with Crippen molar-refractivity contribution in [2.45, 2.75) is 31.9 Å². The van der Waals surface area contributed by atoms with Gasteiger partial charge in [0, 0.05) is 51.0 Å². The highest BCUT2D eigenvalue weighted by molar-refractivity contribution is 6.01. The molecule has 1 fully saturated rings. The van der Waals surface area contributed by atoms with E-state index in [1.807, 2.05) is 6.07 Å². The highest BCUT2D eigenvalue weighted by Gasteiger charge is 2.33. The fourth-order valence-corrected chi connectivity index (χ4v) is 4.09. The van der Waals surface area contributed by atoms with Crippen molar-refractivity contribution in [1.29, 1.82) is 5.26 Å². The van der Waals surface area contributed by atoms with Crippen LogP contribution in [0.5, 0.6) is 0 Å². The van der Waals surface area contributed by atoms with Gasteiger partial charge in [-0.15, -0.1) is 0 Å². The topological polar surface area (TPSA) is 148 Å². The lowest BCUT2D eigenvalue weighted by atomic mass is 10.0. The maximum Gasteiger partial charge on any atom is 0.328 e. The van der Waals surface area contributed by atoms with Gasteiger partial charge in [-0.2, -0.15) is 5.26 Å². The number of urea groups is 1. The van der Waals surface area contributed by atoms with E-state index in [-0.39, 0.29) is 29.5 Å². The smallest absolute Gasteiger partial charge is 0.328 e. The molecular formula is C22H22N6O5. The Kier molecular flexibility index (Phi) is 6.19. The third kappa shape index (κ3) is 4.33. The molecule has 0 saturated carbocycles. The molecule has 0 aliphatic carbocycles. The molecule has 2 aromatic rings. The lowest BCUT2D eigenvalue weighted by Crippen LogP contribution is -2.40. The van der Waals surface area contributed by atoms with E-state index in [4.69, 9.17) is 10.00 Å². The summed E-state index contributed by atoms with van der Waals surface area (Å²) in [6.07, 6.45) is 3.32. The molecule has 2 aliphatic heterocycles. The van der Waals surface area contributed by atoms with Crippen molar-refractivity contribution in [1.82, 2.24) is 14.9 Å². The zero-order valence-corrected chi connectivity index (χ0v) is 18.0. The van der Waals surface area contributed by atoms with E-state index in [2.05, 4.69) is 15.3 Å². The van der Waals surface area contributed by atoms with Crippen molar-refractivity contribution in [3.63, 3.8) is 0 Å². The highest BCUT2D eigenvalue weighted by Crippen LogP contribution is 2.29. The van der Waals surface area contributed by atoms with Crippen LogP contribution >= 0.6 is 0 Å². The van der Waals surface area contributed by atoms with E-state index in [1.54, 1.807) is 11.0 Å². The van der Waals surface area contributed by atoms with Crippen LogP contribution in [0.1, 0.15) is 40.0 Å². The quantitative estimate of drug-likeness (QED) is 0.650. The molecule has 2 aromatic heterocycles. The Bertz CT molecular complexity index is 1220. The number of nitrogens with one attached hydrogen (secondary N) is 2. The molecule has 3 amide bonds. The van der Waals surface area contributed by atoms with E-state index >= 15 is 0 Å². The molecule has 0 radical (unpaired) electrons. The number of H-pyrrole nitrogens is 1. The molecule has 1 saturated heterocycles. The largest absolute Gasteiger partial charge is 0.372 e. The Hall–Kier alpha value is -4.04. The van der Waals surface area contributed by atoms with Crippen LogP contribution in [0.25, 0.3) is 0 Å². The van der Waals surface area contributed by atoms with Gasteiger partial charge in [0.1, 0.15) is 35.1 Å². The minimum absolute atomic E-state index is 0.0607. The van der Waals surface area contributed by atoms with E-state index in [1.165, 1.54) is 18.2 Å². The molecule has 1 atom stereocenters. The van der Waals surface area contributed by atoms with Gasteiger partial charge in [0.05, 0.1) is 0 Å². The number of anilines is 2. The summed E-state index contributed by atoms with van der Waals surface area (Å²) in [5, 5.41) is 11.5. The first-order valence-electron chi connectivity index (χ1n) is 10.5. The van der Waals surface area contributed by atoms with Gasteiger partial charge in [0.25, 0.3) is 5.91 Å². The van der Waals surface area contributed by atoms with Crippen LogP contribution in [0.2, 0.25) is 0 Å². The summed E-state index contributed by atoms with van der Waals surface area (Å²) in [6, 6.07) is 4.20. The first kappa shape index (κ1) is 22.2. The molecule has 2 aliphatic rings. The maximum atomic E-state index is 12.9. The van der Waals surface area contributed by atoms with Gasteiger partial charge in [0.15, 0.2) is 6.29 Å². The van der Waals surface area contributed by atoms with Crippen LogP contribution in [0.4, 0.5) is 16.4 Å². The average molecular weight is 450 g/mol. The zero-order chi connectivity index (χ0) is 23.5. The monoisotopic (exact) mass is 450 g/mol. The number of likely N-dealkylation sites (tertiary alicyclic amines) is 1. The van der Waals surface area contributed by atoms with Crippen molar-refractivity contribution >= 4 is 29.9 Å². The van der Waals surface area contributed by atoms with Gasteiger partial charge in [-0.3, -0.25) is 24.6 Å². The van der Waals surface area contributed by atoms with Crippen molar-refractivity contribution < 1.29 is 19.1 Å². The predicted octanol–water partition coefficient (Wildman–Crippen LogP) is 1.19. The third-order valence-corrected chi connectivity index (χ3v) is 5.80. The lowest BCUT2D eigenvalue weighted by Gasteiger charge is -2.29. The van der Waals surface area contributed by atoms with E-state index < -0.39 is 17.6 Å². The number of nitrogens with zero attached hydrogens (tertiary/aromatic N) is 4. The van der Waals surface area contributed by atoms with E-state index in [9.17, 15) is 19.2 Å². The second-order valence-corrected chi connectivity index (χ2v) is 7.83. The van der Waals surface area contributed by atoms with E-state index in [0.717, 1.165) is 11.6 Å². The first-order chi connectivity index (χ1) is 15.9. The summed E-state index contributed by atoms with van der Waals surface area (Å²) >= 11 is 0. The molecule has 1 unspecified atom stereocenters. The number of fused-ring (bicyclic) bond motifs is 1. The maximum absolute atomic E-state index is 12.9.